The number of nitrogens with one attached hydrogen (secondary N) is 1. The molecule has 5 rings (SSSR count). The Morgan fingerprint density at radius 2 is 1.29 bits per heavy atom. The van der Waals surface area contributed by atoms with Gasteiger partial charge in [-0.2, -0.15) is 5.10 Å². The van der Waals surface area contributed by atoms with Crippen molar-refractivity contribution in [3.05, 3.63) is 115 Å². The monoisotopic (exact) mass is 403 g/mol. The first kappa shape index (κ1) is 18.8. The maximum absolute atomic E-state index is 4.84. The molecule has 0 saturated carbocycles. The van der Waals surface area contributed by atoms with E-state index in [1.165, 1.54) is 5.56 Å². The molecule has 150 valence electrons. The van der Waals surface area contributed by atoms with Gasteiger partial charge in [-0.15, -0.1) is 10.2 Å². The third-order valence-corrected chi connectivity index (χ3v) is 5.03. The lowest BCUT2D eigenvalue weighted by Gasteiger charge is -2.08. The van der Waals surface area contributed by atoms with E-state index < -0.39 is 0 Å². The molecule has 0 amide bonds. The first-order chi connectivity index (χ1) is 15.4. The molecule has 0 fully saturated rings. The van der Waals surface area contributed by atoms with Crippen LogP contribution in [0.25, 0.3) is 28.3 Å². The van der Waals surface area contributed by atoms with Gasteiger partial charge >= 0.3 is 0 Å². The second-order valence-electron chi connectivity index (χ2n) is 7.17. The van der Waals surface area contributed by atoms with Crippen LogP contribution in [0.15, 0.2) is 109 Å². The zero-order valence-electron chi connectivity index (χ0n) is 16.9. The van der Waals surface area contributed by atoms with E-state index >= 15 is 0 Å². The molecule has 0 saturated heterocycles. The summed E-state index contributed by atoms with van der Waals surface area (Å²) in [5.41, 5.74) is 5.20. The summed E-state index contributed by atoms with van der Waals surface area (Å²) in [5.74, 6) is 1.40. The lowest BCUT2D eigenvalue weighted by atomic mass is 10.1. The van der Waals surface area contributed by atoms with Gasteiger partial charge in [0.25, 0.3) is 0 Å². The predicted molar refractivity (Wildman–Crippen MR) is 124 cm³/mol. The quantitative estimate of drug-likeness (QED) is 0.400. The molecule has 2 heterocycles. The lowest BCUT2D eigenvalue weighted by molar-refractivity contribution is 0.822. The van der Waals surface area contributed by atoms with Crippen molar-refractivity contribution in [3.8, 4) is 28.3 Å². The average Bonchev–Trinajstić information content (AvgIpc) is 3.30. The molecular weight excluding hydrogens is 382 g/mol. The van der Waals surface area contributed by atoms with Crippen LogP contribution in [0.5, 0.6) is 0 Å². The van der Waals surface area contributed by atoms with Gasteiger partial charge in [0.05, 0.1) is 11.4 Å². The summed E-state index contributed by atoms with van der Waals surface area (Å²) in [7, 11) is 0. The van der Waals surface area contributed by atoms with Crippen molar-refractivity contribution in [1.29, 1.82) is 0 Å². The molecule has 2 aromatic heterocycles. The first-order valence-electron chi connectivity index (χ1n) is 10.2. The Kier molecular flexibility index (Phi) is 5.22. The maximum Gasteiger partial charge on any atom is 0.176 e. The number of hydrogen-bond donors (Lipinski definition) is 1. The van der Waals surface area contributed by atoms with E-state index in [9.17, 15) is 0 Å². The van der Waals surface area contributed by atoms with Crippen molar-refractivity contribution < 1.29 is 0 Å². The molecule has 5 nitrogen and oxygen atoms in total. The lowest BCUT2D eigenvalue weighted by Crippen LogP contribution is -2.06. The highest BCUT2D eigenvalue weighted by Crippen LogP contribution is 2.28. The SMILES string of the molecule is c1ccc(CNc2ccc(-n3nc(-c4ccccc4)cc3-c3ccccc3)nn2)cc1. The molecule has 0 atom stereocenters. The highest BCUT2D eigenvalue weighted by atomic mass is 15.4. The van der Waals surface area contributed by atoms with Crippen LogP contribution in [-0.2, 0) is 6.54 Å². The second-order valence-corrected chi connectivity index (χ2v) is 7.17. The molecule has 5 aromatic rings. The normalized spacial score (nSPS) is 10.7. The van der Waals surface area contributed by atoms with Gasteiger partial charge in [-0.3, -0.25) is 0 Å². The van der Waals surface area contributed by atoms with Crippen molar-refractivity contribution >= 4 is 5.82 Å². The fourth-order valence-electron chi connectivity index (χ4n) is 3.44. The molecule has 31 heavy (non-hydrogen) atoms. The largest absolute Gasteiger partial charge is 0.365 e. The number of nitrogens with zero attached hydrogens (tertiary/aromatic N) is 4. The first-order valence-corrected chi connectivity index (χ1v) is 10.2. The molecule has 0 spiro atoms. The molecule has 0 radical (unpaired) electrons. The Bertz CT molecular complexity index is 1250. The molecule has 0 aliphatic rings. The number of benzene rings is 3. The smallest absolute Gasteiger partial charge is 0.176 e. The van der Waals surface area contributed by atoms with Crippen LogP contribution in [0.4, 0.5) is 5.82 Å². The molecule has 0 aliphatic heterocycles. The molecule has 1 N–H and O–H groups in total. The highest BCUT2D eigenvalue weighted by molar-refractivity contribution is 5.70. The zero-order valence-corrected chi connectivity index (χ0v) is 16.9. The Hall–Kier alpha value is -4.25. The standard InChI is InChI=1S/C26H21N5/c1-4-10-20(11-5-1)19-27-25-16-17-26(29-28-25)31-24(22-14-8-3-9-15-22)18-23(30-31)21-12-6-2-7-13-21/h1-18H,19H2,(H,27,28). The number of hydrogen-bond acceptors (Lipinski definition) is 4. The zero-order chi connectivity index (χ0) is 20.9. The van der Waals surface area contributed by atoms with Gasteiger partial charge in [-0.25, -0.2) is 4.68 Å². The molecule has 0 unspecified atom stereocenters. The van der Waals surface area contributed by atoms with Crippen LogP contribution in [0.2, 0.25) is 0 Å². The highest BCUT2D eigenvalue weighted by Gasteiger charge is 2.14. The minimum atomic E-state index is 0.672. The Balaban J connectivity index is 1.46. The average molecular weight is 403 g/mol. The van der Waals surface area contributed by atoms with E-state index in [1.54, 1.807) is 0 Å². The number of rotatable bonds is 6. The molecule has 5 heteroatoms. The van der Waals surface area contributed by atoms with Gasteiger partial charge in [0.2, 0.25) is 0 Å². The van der Waals surface area contributed by atoms with Crippen molar-refractivity contribution in [2.45, 2.75) is 6.54 Å². The van der Waals surface area contributed by atoms with Crippen LogP contribution >= 0.6 is 0 Å². The van der Waals surface area contributed by atoms with Crippen molar-refractivity contribution in [1.82, 2.24) is 20.0 Å². The summed E-state index contributed by atoms with van der Waals surface area (Å²) in [6, 6.07) is 36.6. The number of anilines is 1. The van der Waals surface area contributed by atoms with E-state index in [4.69, 9.17) is 5.10 Å². The third-order valence-electron chi connectivity index (χ3n) is 5.03. The summed E-state index contributed by atoms with van der Waals surface area (Å²) in [5, 5.41) is 17.0. The van der Waals surface area contributed by atoms with E-state index in [2.05, 4.69) is 58.0 Å². The van der Waals surface area contributed by atoms with Crippen molar-refractivity contribution in [2.75, 3.05) is 5.32 Å². The summed E-state index contributed by atoms with van der Waals surface area (Å²) < 4.78 is 1.85. The third kappa shape index (κ3) is 4.21. The molecule has 3 aromatic carbocycles. The van der Waals surface area contributed by atoms with Gasteiger partial charge < -0.3 is 5.32 Å². The van der Waals surface area contributed by atoms with E-state index in [0.717, 1.165) is 28.3 Å². The summed E-state index contributed by atoms with van der Waals surface area (Å²) in [6.45, 7) is 0.698. The van der Waals surface area contributed by atoms with Crippen LogP contribution in [0.1, 0.15) is 5.56 Å². The van der Waals surface area contributed by atoms with Crippen LogP contribution in [0, 0.1) is 0 Å². The maximum atomic E-state index is 4.84. The second kappa shape index (κ2) is 8.63. The predicted octanol–water partition coefficient (Wildman–Crippen LogP) is 5.61. The van der Waals surface area contributed by atoms with Crippen LogP contribution in [-0.4, -0.2) is 20.0 Å². The summed E-state index contributed by atoms with van der Waals surface area (Å²) in [4.78, 5) is 0. The molecule has 0 bridgehead atoms. The minimum absolute atomic E-state index is 0.672. The topological polar surface area (TPSA) is 55.6 Å². The van der Waals surface area contributed by atoms with E-state index in [-0.39, 0.29) is 0 Å². The fourth-order valence-corrected chi connectivity index (χ4v) is 3.44. The molecular formula is C26H21N5. The van der Waals surface area contributed by atoms with Crippen molar-refractivity contribution in [2.24, 2.45) is 0 Å². The Morgan fingerprint density at radius 1 is 0.645 bits per heavy atom. The van der Waals surface area contributed by atoms with E-state index in [1.807, 2.05) is 71.4 Å². The Morgan fingerprint density at radius 3 is 1.94 bits per heavy atom. The van der Waals surface area contributed by atoms with Gasteiger partial charge in [0.15, 0.2) is 5.82 Å². The summed E-state index contributed by atoms with van der Waals surface area (Å²) in [6.07, 6.45) is 0. The van der Waals surface area contributed by atoms with Crippen LogP contribution < -0.4 is 5.32 Å². The van der Waals surface area contributed by atoms with Gasteiger partial charge in [-0.05, 0) is 23.8 Å². The summed E-state index contributed by atoms with van der Waals surface area (Å²) >= 11 is 0. The van der Waals surface area contributed by atoms with Gasteiger partial charge in [0.1, 0.15) is 5.82 Å². The Labute approximate surface area is 181 Å². The number of aromatic nitrogens is 4. The van der Waals surface area contributed by atoms with E-state index in [0.29, 0.717) is 12.4 Å². The van der Waals surface area contributed by atoms with Gasteiger partial charge in [-0.1, -0.05) is 91.0 Å². The molecule has 0 aliphatic carbocycles. The van der Waals surface area contributed by atoms with Crippen LogP contribution in [0.3, 0.4) is 0 Å². The van der Waals surface area contributed by atoms with Gasteiger partial charge in [0, 0.05) is 17.7 Å². The minimum Gasteiger partial charge on any atom is -0.365 e. The van der Waals surface area contributed by atoms with Crippen molar-refractivity contribution in [3.63, 3.8) is 0 Å². The fraction of sp³-hybridized carbons (Fsp3) is 0.0385.